The Bertz CT molecular complexity index is 389. The fourth-order valence-electron chi connectivity index (χ4n) is 1.56. The van der Waals surface area contributed by atoms with Gasteiger partial charge in [-0.3, -0.25) is 0 Å². The van der Waals surface area contributed by atoms with Crippen LogP contribution in [0.3, 0.4) is 0 Å². The molecule has 0 saturated carbocycles. The number of aldehydes is 1. The zero-order valence-electron chi connectivity index (χ0n) is 8.59. The third-order valence-corrected chi connectivity index (χ3v) is 3.18. The second-order valence-corrected chi connectivity index (χ2v) is 4.58. The van der Waals surface area contributed by atoms with Gasteiger partial charge in [-0.2, -0.15) is 0 Å². The van der Waals surface area contributed by atoms with E-state index in [0.29, 0.717) is 0 Å². The summed E-state index contributed by atoms with van der Waals surface area (Å²) >= 11 is 1.72. The van der Waals surface area contributed by atoms with Crippen LogP contribution >= 0.6 is 11.8 Å². The molecule has 0 radical (unpaired) electrons. The highest BCUT2D eigenvalue weighted by atomic mass is 32.2. The second kappa shape index (κ2) is 4.53. The molecule has 78 valence electrons. The molecule has 0 saturated heterocycles. The Kier molecular flexibility index (Phi) is 3.11. The average Bonchev–Trinajstić information content (AvgIpc) is 2.29. The van der Waals surface area contributed by atoms with E-state index in [0.717, 1.165) is 12.8 Å². The Morgan fingerprint density at radius 3 is 3.07 bits per heavy atom. The Labute approximate surface area is 94.0 Å². The zero-order valence-corrected chi connectivity index (χ0v) is 9.41. The standard InChI is InChI=1S/C12H13NOS/c1-10(9-14)8-13-6-7-15-12-5-3-2-4-11(12)13/h2-7,9-10H,8H2,1H3. The predicted molar refractivity (Wildman–Crippen MR) is 64.0 cm³/mol. The molecule has 0 bridgehead atoms. The normalized spacial score (nSPS) is 15.9. The molecule has 0 aromatic heterocycles. The number of rotatable bonds is 3. The second-order valence-electron chi connectivity index (χ2n) is 3.64. The van der Waals surface area contributed by atoms with Crippen LogP contribution in [0, 0.1) is 5.92 Å². The SMILES string of the molecule is CC(C=O)CN1C=CSc2ccccc21. The van der Waals surface area contributed by atoms with E-state index in [4.69, 9.17) is 0 Å². The van der Waals surface area contributed by atoms with Crippen molar-refractivity contribution >= 4 is 23.7 Å². The van der Waals surface area contributed by atoms with E-state index >= 15 is 0 Å². The molecule has 1 aromatic carbocycles. The summed E-state index contributed by atoms with van der Waals surface area (Å²) in [7, 11) is 0. The van der Waals surface area contributed by atoms with Crippen LogP contribution in [0.5, 0.6) is 0 Å². The van der Waals surface area contributed by atoms with Crippen molar-refractivity contribution in [3.05, 3.63) is 35.9 Å². The minimum absolute atomic E-state index is 0.0609. The molecule has 0 spiro atoms. The van der Waals surface area contributed by atoms with Gasteiger partial charge in [-0.1, -0.05) is 30.8 Å². The molecule has 0 N–H and O–H groups in total. The van der Waals surface area contributed by atoms with Crippen molar-refractivity contribution < 1.29 is 4.79 Å². The molecule has 1 aliphatic heterocycles. The first kappa shape index (κ1) is 10.3. The summed E-state index contributed by atoms with van der Waals surface area (Å²) in [6.07, 6.45) is 3.03. The smallest absolute Gasteiger partial charge is 0.124 e. The number of fused-ring (bicyclic) bond motifs is 1. The maximum absolute atomic E-state index is 10.6. The van der Waals surface area contributed by atoms with Crippen LogP contribution in [0.2, 0.25) is 0 Å². The first-order chi connectivity index (χ1) is 7.31. The molecule has 1 heterocycles. The number of anilines is 1. The van der Waals surface area contributed by atoms with E-state index in [9.17, 15) is 4.79 Å². The summed E-state index contributed by atoms with van der Waals surface area (Å²) in [4.78, 5) is 14.0. The minimum atomic E-state index is 0.0609. The molecule has 2 rings (SSSR count). The van der Waals surface area contributed by atoms with E-state index < -0.39 is 0 Å². The highest BCUT2D eigenvalue weighted by Gasteiger charge is 2.14. The summed E-state index contributed by atoms with van der Waals surface area (Å²) in [6, 6.07) is 8.24. The summed E-state index contributed by atoms with van der Waals surface area (Å²) in [5.41, 5.74) is 1.19. The monoisotopic (exact) mass is 219 g/mol. The van der Waals surface area contributed by atoms with Gasteiger partial charge in [0.05, 0.1) is 5.69 Å². The van der Waals surface area contributed by atoms with Crippen LogP contribution in [-0.4, -0.2) is 12.8 Å². The van der Waals surface area contributed by atoms with Crippen molar-refractivity contribution in [1.82, 2.24) is 0 Å². The van der Waals surface area contributed by atoms with Crippen molar-refractivity contribution in [3.8, 4) is 0 Å². The van der Waals surface area contributed by atoms with Crippen molar-refractivity contribution in [3.63, 3.8) is 0 Å². The molecule has 0 aliphatic carbocycles. The highest BCUT2D eigenvalue weighted by Crippen LogP contribution is 2.35. The van der Waals surface area contributed by atoms with E-state index in [1.165, 1.54) is 10.6 Å². The highest BCUT2D eigenvalue weighted by molar-refractivity contribution is 8.02. The van der Waals surface area contributed by atoms with E-state index in [-0.39, 0.29) is 5.92 Å². The number of carbonyl (C=O) groups excluding carboxylic acids is 1. The van der Waals surface area contributed by atoms with Crippen molar-refractivity contribution in [1.29, 1.82) is 0 Å². The molecular weight excluding hydrogens is 206 g/mol. The quantitative estimate of drug-likeness (QED) is 0.729. The summed E-state index contributed by atoms with van der Waals surface area (Å²) in [5, 5.41) is 2.06. The van der Waals surface area contributed by atoms with Crippen LogP contribution in [0.4, 0.5) is 5.69 Å². The van der Waals surface area contributed by atoms with Gasteiger partial charge in [-0.25, -0.2) is 0 Å². The van der Waals surface area contributed by atoms with Gasteiger partial charge in [-0.05, 0) is 17.5 Å². The maximum atomic E-state index is 10.6. The van der Waals surface area contributed by atoms with Gasteiger partial charge in [0.25, 0.3) is 0 Å². The number of carbonyl (C=O) groups is 1. The van der Waals surface area contributed by atoms with E-state index in [2.05, 4.69) is 22.4 Å². The summed E-state index contributed by atoms with van der Waals surface area (Å²) < 4.78 is 0. The number of thioether (sulfide) groups is 1. The summed E-state index contributed by atoms with van der Waals surface area (Å²) in [6.45, 7) is 2.68. The van der Waals surface area contributed by atoms with Gasteiger partial charge in [0, 0.05) is 23.6 Å². The third-order valence-electron chi connectivity index (χ3n) is 2.33. The van der Waals surface area contributed by atoms with Gasteiger partial charge in [0.15, 0.2) is 0 Å². The molecule has 1 aromatic rings. The Morgan fingerprint density at radius 1 is 1.47 bits per heavy atom. The van der Waals surface area contributed by atoms with E-state index in [1.54, 1.807) is 11.8 Å². The fraction of sp³-hybridized carbons (Fsp3) is 0.250. The Hall–Kier alpha value is -1.22. The molecule has 15 heavy (non-hydrogen) atoms. The number of para-hydroxylation sites is 1. The van der Waals surface area contributed by atoms with Gasteiger partial charge in [-0.15, -0.1) is 0 Å². The Morgan fingerprint density at radius 2 is 2.27 bits per heavy atom. The molecule has 1 atom stereocenters. The van der Waals surface area contributed by atoms with E-state index in [1.807, 2.05) is 25.3 Å². The number of benzene rings is 1. The molecule has 1 aliphatic rings. The third kappa shape index (κ3) is 2.23. The number of hydrogen-bond donors (Lipinski definition) is 0. The zero-order chi connectivity index (χ0) is 10.7. The van der Waals surface area contributed by atoms with Gasteiger partial charge in [0.2, 0.25) is 0 Å². The lowest BCUT2D eigenvalue weighted by atomic mass is 10.2. The lowest BCUT2D eigenvalue weighted by Crippen LogP contribution is -2.25. The molecule has 0 amide bonds. The molecule has 0 fully saturated rings. The van der Waals surface area contributed by atoms with Gasteiger partial charge < -0.3 is 9.69 Å². The largest absolute Gasteiger partial charge is 0.346 e. The predicted octanol–water partition coefficient (Wildman–Crippen LogP) is 2.90. The van der Waals surface area contributed by atoms with Crippen LogP contribution < -0.4 is 4.90 Å². The topological polar surface area (TPSA) is 20.3 Å². The first-order valence-corrected chi connectivity index (χ1v) is 5.83. The van der Waals surface area contributed by atoms with Crippen molar-refractivity contribution in [2.45, 2.75) is 11.8 Å². The minimum Gasteiger partial charge on any atom is -0.346 e. The number of hydrogen-bond acceptors (Lipinski definition) is 3. The van der Waals surface area contributed by atoms with Crippen molar-refractivity contribution in [2.24, 2.45) is 5.92 Å². The molecule has 2 nitrogen and oxygen atoms in total. The molecular formula is C12H13NOS. The van der Waals surface area contributed by atoms with Crippen LogP contribution in [0.15, 0.2) is 40.8 Å². The van der Waals surface area contributed by atoms with Crippen LogP contribution in [0.25, 0.3) is 0 Å². The molecule has 1 unspecified atom stereocenters. The van der Waals surface area contributed by atoms with Crippen LogP contribution in [-0.2, 0) is 4.79 Å². The Balaban J connectivity index is 2.22. The van der Waals surface area contributed by atoms with Gasteiger partial charge in [0.1, 0.15) is 6.29 Å². The van der Waals surface area contributed by atoms with Crippen LogP contribution in [0.1, 0.15) is 6.92 Å². The maximum Gasteiger partial charge on any atom is 0.124 e. The fourth-order valence-corrected chi connectivity index (χ4v) is 2.38. The van der Waals surface area contributed by atoms with Gasteiger partial charge >= 0.3 is 0 Å². The number of nitrogens with zero attached hydrogens (tertiary/aromatic N) is 1. The average molecular weight is 219 g/mol. The lowest BCUT2D eigenvalue weighted by molar-refractivity contribution is -0.110. The first-order valence-electron chi connectivity index (χ1n) is 4.95. The summed E-state index contributed by atoms with van der Waals surface area (Å²) in [5.74, 6) is 0.0609. The molecule has 3 heteroatoms. The van der Waals surface area contributed by atoms with Crippen molar-refractivity contribution in [2.75, 3.05) is 11.4 Å². The lowest BCUT2D eigenvalue weighted by Gasteiger charge is -2.26.